The van der Waals surface area contributed by atoms with Crippen LogP contribution >= 0.6 is 0 Å². The van der Waals surface area contributed by atoms with E-state index in [-0.39, 0.29) is 0 Å². The van der Waals surface area contributed by atoms with E-state index in [1.165, 1.54) is 25.7 Å². The number of benzene rings is 2. The molecule has 2 aromatic carbocycles. The zero-order chi connectivity index (χ0) is 14.5. The fraction of sp³-hybridized carbons (Fsp3) is 0.368. The molecular formula is C19H23NO. The highest BCUT2D eigenvalue weighted by Crippen LogP contribution is 2.34. The first-order valence-electron chi connectivity index (χ1n) is 7.93. The highest BCUT2D eigenvalue weighted by Gasteiger charge is 2.23. The zero-order valence-corrected chi connectivity index (χ0v) is 12.6. The van der Waals surface area contributed by atoms with Crippen molar-refractivity contribution in [3.63, 3.8) is 0 Å². The van der Waals surface area contributed by atoms with Crippen LogP contribution in [0.5, 0.6) is 11.5 Å². The summed E-state index contributed by atoms with van der Waals surface area (Å²) in [7, 11) is 0. The predicted molar refractivity (Wildman–Crippen MR) is 88.0 cm³/mol. The number of para-hydroxylation sites is 3. The molecule has 3 rings (SSSR count). The maximum Gasteiger partial charge on any atom is 0.150 e. The fourth-order valence-corrected chi connectivity index (χ4v) is 3.09. The number of rotatable bonds is 5. The molecule has 0 saturated heterocycles. The van der Waals surface area contributed by atoms with Gasteiger partial charge in [0.2, 0.25) is 0 Å². The summed E-state index contributed by atoms with van der Waals surface area (Å²) in [5.74, 6) is 2.66. The third-order valence-corrected chi connectivity index (χ3v) is 4.34. The summed E-state index contributed by atoms with van der Waals surface area (Å²) in [4.78, 5) is 0. The first-order valence-corrected chi connectivity index (χ1v) is 7.93. The molecule has 1 N–H and O–H groups in total. The Kier molecular flexibility index (Phi) is 4.44. The molecule has 0 amide bonds. The highest BCUT2D eigenvalue weighted by atomic mass is 16.5. The molecule has 2 aromatic rings. The Balaban J connectivity index is 1.71. The van der Waals surface area contributed by atoms with E-state index in [1.807, 2.05) is 42.5 Å². The van der Waals surface area contributed by atoms with Gasteiger partial charge in [0.05, 0.1) is 5.69 Å². The molecule has 2 heteroatoms. The lowest BCUT2D eigenvalue weighted by atomic mass is 10.1. The molecule has 2 unspecified atom stereocenters. The van der Waals surface area contributed by atoms with Crippen molar-refractivity contribution in [2.45, 2.75) is 38.6 Å². The van der Waals surface area contributed by atoms with E-state index in [0.29, 0.717) is 6.04 Å². The molecule has 0 heterocycles. The van der Waals surface area contributed by atoms with Crippen LogP contribution in [0.3, 0.4) is 0 Å². The third-order valence-electron chi connectivity index (χ3n) is 4.34. The second kappa shape index (κ2) is 6.66. The van der Waals surface area contributed by atoms with E-state index in [1.54, 1.807) is 0 Å². The van der Waals surface area contributed by atoms with Crippen LogP contribution in [0, 0.1) is 5.92 Å². The SMILES string of the molecule is CCC1CCC(Nc2ccccc2Oc2ccccc2)C1. The van der Waals surface area contributed by atoms with Gasteiger partial charge in [0, 0.05) is 6.04 Å². The zero-order valence-electron chi connectivity index (χ0n) is 12.6. The van der Waals surface area contributed by atoms with E-state index in [9.17, 15) is 0 Å². The van der Waals surface area contributed by atoms with Crippen molar-refractivity contribution in [3.8, 4) is 11.5 Å². The Morgan fingerprint density at radius 2 is 1.76 bits per heavy atom. The fourth-order valence-electron chi connectivity index (χ4n) is 3.09. The summed E-state index contributed by atoms with van der Waals surface area (Å²) in [5, 5.41) is 3.67. The van der Waals surface area contributed by atoms with E-state index in [4.69, 9.17) is 4.74 Å². The summed E-state index contributed by atoms with van der Waals surface area (Å²) in [6.07, 6.45) is 5.17. The second-order valence-corrected chi connectivity index (χ2v) is 5.84. The third kappa shape index (κ3) is 3.57. The first kappa shape index (κ1) is 14.0. The molecule has 1 aliphatic carbocycles. The molecule has 0 bridgehead atoms. The Bertz CT molecular complexity index is 567. The number of hydrogen-bond donors (Lipinski definition) is 1. The van der Waals surface area contributed by atoms with Crippen LogP contribution in [0.4, 0.5) is 5.69 Å². The molecule has 2 atom stereocenters. The van der Waals surface area contributed by atoms with Crippen LogP contribution < -0.4 is 10.1 Å². The van der Waals surface area contributed by atoms with Gasteiger partial charge in [-0.1, -0.05) is 43.7 Å². The Morgan fingerprint density at radius 3 is 2.52 bits per heavy atom. The van der Waals surface area contributed by atoms with Crippen LogP contribution in [-0.2, 0) is 0 Å². The van der Waals surface area contributed by atoms with E-state index in [2.05, 4.69) is 24.4 Å². The molecular weight excluding hydrogens is 258 g/mol. The van der Waals surface area contributed by atoms with E-state index >= 15 is 0 Å². The first-order chi connectivity index (χ1) is 10.3. The number of ether oxygens (including phenoxy) is 1. The lowest BCUT2D eigenvalue weighted by molar-refractivity contribution is 0.483. The van der Waals surface area contributed by atoms with Gasteiger partial charge in [0.1, 0.15) is 5.75 Å². The van der Waals surface area contributed by atoms with Gasteiger partial charge < -0.3 is 10.1 Å². The van der Waals surface area contributed by atoms with Crippen LogP contribution in [-0.4, -0.2) is 6.04 Å². The van der Waals surface area contributed by atoms with Gasteiger partial charge in [-0.15, -0.1) is 0 Å². The maximum atomic E-state index is 6.01. The van der Waals surface area contributed by atoms with Gasteiger partial charge in [-0.3, -0.25) is 0 Å². The summed E-state index contributed by atoms with van der Waals surface area (Å²) >= 11 is 0. The Hall–Kier alpha value is -1.96. The molecule has 1 saturated carbocycles. The molecule has 0 radical (unpaired) electrons. The minimum atomic E-state index is 0.579. The average molecular weight is 281 g/mol. The van der Waals surface area contributed by atoms with Crippen molar-refractivity contribution in [1.29, 1.82) is 0 Å². The number of hydrogen-bond acceptors (Lipinski definition) is 2. The summed E-state index contributed by atoms with van der Waals surface area (Å²) < 4.78 is 6.01. The van der Waals surface area contributed by atoms with Gasteiger partial charge in [-0.05, 0) is 49.4 Å². The van der Waals surface area contributed by atoms with Crippen molar-refractivity contribution in [1.82, 2.24) is 0 Å². The van der Waals surface area contributed by atoms with Crippen LogP contribution in [0.15, 0.2) is 54.6 Å². The summed E-state index contributed by atoms with van der Waals surface area (Å²) in [5.41, 5.74) is 1.10. The van der Waals surface area contributed by atoms with E-state index in [0.717, 1.165) is 23.1 Å². The smallest absolute Gasteiger partial charge is 0.150 e. The molecule has 0 aliphatic heterocycles. The Morgan fingerprint density at radius 1 is 1.00 bits per heavy atom. The minimum absolute atomic E-state index is 0.579. The minimum Gasteiger partial charge on any atom is -0.455 e. The van der Waals surface area contributed by atoms with Crippen LogP contribution in [0.2, 0.25) is 0 Å². The lowest BCUT2D eigenvalue weighted by Crippen LogP contribution is -2.15. The van der Waals surface area contributed by atoms with Crippen LogP contribution in [0.25, 0.3) is 0 Å². The topological polar surface area (TPSA) is 21.3 Å². The maximum absolute atomic E-state index is 6.01. The lowest BCUT2D eigenvalue weighted by Gasteiger charge is -2.17. The van der Waals surface area contributed by atoms with Gasteiger partial charge in [-0.2, -0.15) is 0 Å². The molecule has 2 nitrogen and oxygen atoms in total. The standard InChI is InChI=1S/C19H23NO/c1-2-15-12-13-16(14-15)20-18-10-6-7-11-19(18)21-17-8-4-3-5-9-17/h3-11,15-16,20H,2,12-14H2,1H3. The molecule has 0 aromatic heterocycles. The van der Waals surface area contributed by atoms with Crippen molar-refractivity contribution in [2.75, 3.05) is 5.32 Å². The largest absolute Gasteiger partial charge is 0.455 e. The van der Waals surface area contributed by atoms with Crippen LogP contribution in [0.1, 0.15) is 32.6 Å². The predicted octanol–water partition coefficient (Wildman–Crippen LogP) is 5.47. The van der Waals surface area contributed by atoms with Crippen molar-refractivity contribution in [3.05, 3.63) is 54.6 Å². The van der Waals surface area contributed by atoms with Gasteiger partial charge in [-0.25, -0.2) is 0 Å². The monoisotopic (exact) mass is 281 g/mol. The number of anilines is 1. The average Bonchev–Trinajstić information content (AvgIpc) is 2.98. The Labute approximate surface area is 127 Å². The van der Waals surface area contributed by atoms with Gasteiger partial charge in [0.15, 0.2) is 5.75 Å². The van der Waals surface area contributed by atoms with Crippen molar-refractivity contribution < 1.29 is 4.74 Å². The van der Waals surface area contributed by atoms with Crippen molar-refractivity contribution in [2.24, 2.45) is 5.92 Å². The van der Waals surface area contributed by atoms with Gasteiger partial charge in [0.25, 0.3) is 0 Å². The molecule has 0 spiro atoms. The molecule has 110 valence electrons. The van der Waals surface area contributed by atoms with Gasteiger partial charge >= 0.3 is 0 Å². The second-order valence-electron chi connectivity index (χ2n) is 5.84. The summed E-state index contributed by atoms with van der Waals surface area (Å²) in [6.45, 7) is 2.29. The van der Waals surface area contributed by atoms with Crippen molar-refractivity contribution >= 4 is 5.69 Å². The molecule has 21 heavy (non-hydrogen) atoms. The van der Waals surface area contributed by atoms with E-state index < -0.39 is 0 Å². The summed E-state index contributed by atoms with van der Waals surface area (Å²) in [6, 6.07) is 18.8. The highest BCUT2D eigenvalue weighted by molar-refractivity contribution is 5.58. The number of nitrogens with one attached hydrogen (secondary N) is 1. The normalized spacial score (nSPS) is 21.2. The molecule has 1 aliphatic rings. The molecule has 1 fully saturated rings. The quantitative estimate of drug-likeness (QED) is 0.784.